The average molecular weight is 349 g/mol. The number of methoxy groups -OCH3 is 1. The first kappa shape index (κ1) is 15.7. The highest BCUT2D eigenvalue weighted by molar-refractivity contribution is 7.13. The van der Waals surface area contributed by atoms with Crippen LogP contribution in [0.5, 0.6) is 5.75 Å². The van der Waals surface area contributed by atoms with Gasteiger partial charge in [-0.25, -0.2) is 0 Å². The van der Waals surface area contributed by atoms with Crippen LogP contribution in [-0.4, -0.2) is 23.3 Å². The van der Waals surface area contributed by atoms with Crippen LogP contribution in [0.1, 0.15) is 0 Å². The molecule has 0 spiro atoms. The molecule has 1 heterocycles. The van der Waals surface area contributed by atoms with E-state index in [4.69, 9.17) is 4.74 Å². The smallest absolute Gasteiger partial charge is 0.118 e. The maximum absolute atomic E-state index is 5.85. The highest BCUT2D eigenvalue weighted by Crippen LogP contribution is 2.24. The number of hydrogen-bond donors (Lipinski definition) is 0. The summed E-state index contributed by atoms with van der Waals surface area (Å²) >= 11 is 0. The second kappa shape index (κ2) is 5.07. The van der Waals surface area contributed by atoms with E-state index < -0.39 is 16.1 Å². The fourth-order valence-electron chi connectivity index (χ4n) is 4.53. The van der Waals surface area contributed by atoms with Crippen LogP contribution in [-0.2, 0) is 0 Å². The number of rotatable bonds is 1. The van der Waals surface area contributed by atoms with Gasteiger partial charge in [-0.15, -0.1) is 0 Å². The Bertz CT molecular complexity index is 952. The average Bonchev–Trinajstić information content (AvgIpc) is 2.64. The maximum Gasteiger partial charge on any atom is 0.118 e. The van der Waals surface area contributed by atoms with Gasteiger partial charge in [0.25, 0.3) is 0 Å². The molecule has 1 nitrogen and oxygen atoms in total. The van der Waals surface area contributed by atoms with Crippen molar-refractivity contribution in [3.05, 3.63) is 54.6 Å². The van der Waals surface area contributed by atoms with Crippen LogP contribution in [0, 0.1) is 0 Å². The van der Waals surface area contributed by atoms with Crippen LogP contribution in [0.25, 0.3) is 10.8 Å². The third-order valence-electron chi connectivity index (χ3n) is 5.80. The molecule has 24 heavy (non-hydrogen) atoms. The van der Waals surface area contributed by atoms with Crippen LogP contribution in [0.4, 0.5) is 0 Å². The quantitative estimate of drug-likeness (QED) is 0.615. The SMILES string of the molecule is COc1cccc2c1[Si](C)(C)c1cccc3cccc(c13)[Si]2(C)C. The molecule has 1 aliphatic heterocycles. The molecule has 0 amide bonds. The van der Waals surface area contributed by atoms with Gasteiger partial charge in [0.2, 0.25) is 0 Å². The van der Waals surface area contributed by atoms with E-state index in [1.165, 1.54) is 16.0 Å². The first-order valence-corrected chi connectivity index (χ1v) is 14.6. The van der Waals surface area contributed by atoms with Crippen molar-refractivity contribution in [3.8, 4) is 5.75 Å². The first-order valence-electron chi connectivity index (χ1n) is 8.59. The van der Waals surface area contributed by atoms with Crippen molar-refractivity contribution in [1.29, 1.82) is 0 Å². The zero-order chi connectivity index (χ0) is 17.1. The summed E-state index contributed by atoms with van der Waals surface area (Å²) in [6.07, 6.45) is 0. The number of fused-ring (bicyclic) bond motifs is 1. The molecular formula is C21H24OSi2. The lowest BCUT2D eigenvalue weighted by Crippen LogP contribution is -2.63. The Kier molecular flexibility index (Phi) is 3.31. The third kappa shape index (κ3) is 1.91. The minimum atomic E-state index is -1.86. The standard InChI is InChI=1S/C21H24OSi2/c1-22-16-11-8-14-19-21(16)24(4,5)18-13-7-10-15-9-6-12-17(20(15)18)23(19,2)3/h6-14H,1-5H3. The molecule has 0 aliphatic carbocycles. The number of benzene rings is 3. The van der Waals surface area contributed by atoms with E-state index in [9.17, 15) is 0 Å². The Labute approximate surface area is 146 Å². The second-order valence-corrected chi connectivity index (χ2v) is 16.5. The van der Waals surface area contributed by atoms with Gasteiger partial charge < -0.3 is 4.74 Å². The fourth-order valence-corrected chi connectivity index (χ4v) is 12.7. The first-order chi connectivity index (χ1) is 11.4. The molecular weight excluding hydrogens is 324 g/mol. The van der Waals surface area contributed by atoms with Gasteiger partial charge in [-0.3, -0.25) is 0 Å². The van der Waals surface area contributed by atoms with Gasteiger partial charge in [-0.05, 0) is 32.4 Å². The van der Waals surface area contributed by atoms with Crippen LogP contribution in [0.2, 0.25) is 26.2 Å². The Hall–Kier alpha value is -1.85. The molecule has 122 valence electrons. The van der Waals surface area contributed by atoms with Gasteiger partial charge in [0, 0.05) is 0 Å². The topological polar surface area (TPSA) is 9.23 Å². The monoisotopic (exact) mass is 348 g/mol. The van der Waals surface area contributed by atoms with E-state index in [-0.39, 0.29) is 0 Å². The largest absolute Gasteiger partial charge is 0.497 e. The summed E-state index contributed by atoms with van der Waals surface area (Å²) in [5.41, 5.74) is 0. The Morgan fingerprint density at radius 1 is 0.667 bits per heavy atom. The summed E-state index contributed by atoms with van der Waals surface area (Å²) in [6, 6.07) is 20.4. The normalized spacial score (nSPS) is 17.2. The van der Waals surface area contributed by atoms with Crippen LogP contribution in [0.3, 0.4) is 0 Å². The van der Waals surface area contributed by atoms with Crippen LogP contribution in [0.15, 0.2) is 54.6 Å². The molecule has 0 saturated heterocycles. The molecule has 1 aliphatic rings. The third-order valence-corrected chi connectivity index (χ3v) is 13.1. The van der Waals surface area contributed by atoms with E-state index in [1.54, 1.807) is 15.6 Å². The van der Waals surface area contributed by atoms with Crippen LogP contribution >= 0.6 is 0 Å². The number of ether oxygens (including phenoxy) is 1. The summed E-state index contributed by atoms with van der Waals surface area (Å²) in [4.78, 5) is 0. The van der Waals surface area contributed by atoms with Gasteiger partial charge in [0.1, 0.15) is 21.9 Å². The van der Waals surface area contributed by atoms with Gasteiger partial charge in [0.05, 0.1) is 7.11 Å². The summed E-state index contributed by atoms with van der Waals surface area (Å²) in [5, 5.41) is 9.10. The molecule has 0 bridgehead atoms. The van der Waals surface area contributed by atoms with Crippen molar-refractivity contribution in [2.45, 2.75) is 26.2 Å². The minimum absolute atomic E-state index is 1.08. The molecule has 3 aromatic rings. The highest BCUT2D eigenvalue weighted by Gasteiger charge is 2.42. The molecule has 0 N–H and O–H groups in total. The van der Waals surface area contributed by atoms with E-state index in [0.717, 1.165) is 5.75 Å². The molecule has 0 aromatic heterocycles. The lowest BCUT2D eigenvalue weighted by Gasteiger charge is -2.30. The zero-order valence-corrected chi connectivity index (χ0v) is 17.1. The zero-order valence-electron chi connectivity index (χ0n) is 15.1. The summed E-state index contributed by atoms with van der Waals surface area (Å²) < 4.78 is 5.85. The fraction of sp³-hybridized carbons (Fsp3) is 0.238. The van der Waals surface area contributed by atoms with Crippen molar-refractivity contribution in [1.82, 2.24) is 0 Å². The van der Waals surface area contributed by atoms with Gasteiger partial charge in [-0.1, -0.05) is 79.9 Å². The molecule has 0 saturated carbocycles. The molecule has 4 rings (SSSR count). The summed E-state index contributed by atoms with van der Waals surface area (Å²) in [7, 11) is -1.84. The molecule has 0 atom stereocenters. The predicted molar refractivity (Wildman–Crippen MR) is 110 cm³/mol. The lowest BCUT2D eigenvalue weighted by atomic mass is 10.1. The van der Waals surface area contributed by atoms with Crippen molar-refractivity contribution in [2.24, 2.45) is 0 Å². The Morgan fingerprint density at radius 2 is 1.21 bits per heavy atom. The van der Waals surface area contributed by atoms with Crippen molar-refractivity contribution in [3.63, 3.8) is 0 Å². The van der Waals surface area contributed by atoms with Crippen molar-refractivity contribution < 1.29 is 4.74 Å². The molecule has 3 aromatic carbocycles. The van der Waals surface area contributed by atoms with Crippen LogP contribution < -0.4 is 25.5 Å². The van der Waals surface area contributed by atoms with Gasteiger partial charge >= 0.3 is 0 Å². The van der Waals surface area contributed by atoms with E-state index in [2.05, 4.69) is 80.8 Å². The van der Waals surface area contributed by atoms with Crippen molar-refractivity contribution >= 4 is 47.7 Å². The van der Waals surface area contributed by atoms with E-state index in [1.807, 2.05) is 7.11 Å². The summed E-state index contributed by atoms with van der Waals surface area (Å²) in [6.45, 7) is 9.95. The minimum Gasteiger partial charge on any atom is -0.497 e. The van der Waals surface area contributed by atoms with Gasteiger partial charge in [0.15, 0.2) is 0 Å². The number of hydrogen-bond acceptors (Lipinski definition) is 1. The summed E-state index contributed by atoms with van der Waals surface area (Å²) in [5.74, 6) is 1.08. The predicted octanol–water partition coefficient (Wildman–Crippen LogP) is 2.81. The van der Waals surface area contributed by atoms with Gasteiger partial charge in [-0.2, -0.15) is 0 Å². The molecule has 0 fully saturated rings. The highest BCUT2D eigenvalue weighted by atomic mass is 28.3. The molecule has 0 radical (unpaired) electrons. The Morgan fingerprint density at radius 3 is 1.83 bits per heavy atom. The van der Waals surface area contributed by atoms with E-state index >= 15 is 0 Å². The Balaban J connectivity index is 2.27. The van der Waals surface area contributed by atoms with E-state index in [0.29, 0.717) is 0 Å². The molecule has 3 heteroatoms. The second-order valence-electron chi connectivity index (χ2n) is 7.84. The van der Waals surface area contributed by atoms with Crippen molar-refractivity contribution in [2.75, 3.05) is 7.11 Å². The maximum atomic E-state index is 5.85. The lowest BCUT2D eigenvalue weighted by molar-refractivity contribution is 0.418. The molecule has 0 unspecified atom stereocenters.